The molecule has 1 amide bonds. The van der Waals surface area contributed by atoms with Crippen LogP contribution in [-0.2, 0) is 14.8 Å². The standard InChI is InChI=1S/C12H16FNO3S/c1-9(2)6-7-12(15)14-18(16,17)11-5-3-4-10(13)8-11/h3-5,8-9H,6-7H2,1-2H3,(H,14,15). The summed E-state index contributed by atoms with van der Waals surface area (Å²) in [4.78, 5) is 11.2. The van der Waals surface area contributed by atoms with Gasteiger partial charge < -0.3 is 0 Å². The first-order valence-electron chi connectivity index (χ1n) is 5.62. The zero-order valence-electron chi connectivity index (χ0n) is 10.3. The summed E-state index contributed by atoms with van der Waals surface area (Å²) in [6.45, 7) is 3.88. The molecule has 1 N–H and O–H groups in total. The molecule has 0 aromatic heterocycles. The van der Waals surface area contributed by atoms with Gasteiger partial charge in [-0.05, 0) is 30.5 Å². The Morgan fingerprint density at radius 1 is 1.39 bits per heavy atom. The number of nitrogens with one attached hydrogen (secondary N) is 1. The van der Waals surface area contributed by atoms with Gasteiger partial charge in [-0.1, -0.05) is 19.9 Å². The monoisotopic (exact) mass is 273 g/mol. The highest BCUT2D eigenvalue weighted by molar-refractivity contribution is 7.90. The normalized spacial score (nSPS) is 11.6. The van der Waals surface area contributed by atoms with Crippen molar-refractivity contribution in [3.05, 3.63) is 30.1 Å². The van der Waals surface area contributed by atoms with Gasteiger partial charge in [0.05, 0.1) is 4.90 Å². The van der Waals surface area contributed by atoms with Crippen molar-refractivity contribution in [2.75, 3.05) is 0 Å². The zero-order chi connectivity index (χ0) is 13.8. The minimum atomic E-state index is -3.97. The third-order valence-electron chi connectivity index (χ3n) is 2.30. The van der Waals surface area contributed by atoms with Gasteiger partial charge >= 0.3 is 0 Å². The summed E-state index contributed by atoms with van der Waals surface area (Å²) in [6.07, 6.45) is 0.733. The number of rotatable bonds is 5. The summed E-state index contributed by atoms with van der Waals surface area (Å²) in [5.41, 5.74) is 0. The highest BCUT2D eigenvalue weighted by Crippen LogP contribution is 2.11. The van der Waals surface area contributed by atoms with Gasteiger partial charge in [0, 0.05) is 6.42 Å². The summed E-state index contributed by atoms with van der Waals surface area (Å²) in [6, 6.07) is 4.53. The summed E-state index contributed by atoms with van der Waals surface area (Å²) >= 11 is 0. The fraction of sp³-hybridized carbons (Fsp3) is 0.417. The quantitative estimate of drug-likeness (QED) is 0.893. The Kier molecular flexibility index (Phi) is 4.84. The molecular weight excluding hydrogens is 257 g/mol. The second-order valence-corrected chi connectivity index (χ2v) is 6.10. The van der Waals surface area contributed by atoms with E-state index in [-0.39, 0.29) is 11.3 Å². The van der Waals surface area contributed by atoms with E-state index in [1.165, 1.54) is 12.1 Å². The van der Waals surface area contributed by atoms with Gasteiger partial charge in [-0.25, -0.2) is 17.5 Å². The maximum Gasteiger partial charge on any atom is 0.264 e. The van der Waals surface area contributed by atoms with E-state index in [0.29, 0.717) is 12.3 Å². The Balaban J connectivity index is 2.74. The van der Waals surface area contributed by atoms with E-state index in [4.69, 9.17) is 0 Å². The molecule has 0 aliphatic heterocycles. The molecule has 0 unspecified atom stereocenters. The molecule has 0 spiro atoms. The number of hydrogen-bond donors (Lipinski definition) is 1. The van der Waals surface area contributed by atoms with Crippen molar-refractivity contribution in [1.82, 2.24) is 4.72 Å². The number of amides is 1. The lowest BCUT2D eigenvalue weighted by Crippen LogP contribution is -2.30. The molecule has 1 aromatic carbocycles. The lowest BCUT2D eigenvalue weighted by Gasteiger charge is -2.08. The van der Waals surface area contributed by atoms with E-state index in [0.717, 1.165) is 12.1 Å². The van der Waals surface area contributed by atoms with Crippen LogP contribution >= 0.6 is 0 Å². The molecule has 1 aromatic rings. The largest absolute Gasteiger partial charge is 0.274 e. The van der Waals surface area contributed by atoms with Gasteiger partial charge in [-0.3, -0.25) is 4.79 Å². The van der Waals surface area contributed by atoms with Crippen LogP contribution in [0.1, 0.15) is 26.7 Å². The molecule has 0 aliphatic carbocycles. The molecule has 0 heterocycles. The SMILES string of the molecule is CC(C)CCC(=O)NS(=O)(=O)c1cccc(F)c1. The van der Waals surface area contributed by atoms with Gasteiger partial charge in [0.15, 0.2) is 0 Å². The Hall–Kier alpha value is -1.43. The van der Waals surface area contributed by atoms with Crippen molar-refractivity contribution < 1.29 is 17.6 Å². The van der Waals surface area contributed by atoms with Crippen LogP contribution in [-0.4, -0.2) is 14.3 Å². The minimum Gasteiger partial charge on any atom is -0.274 e. The number of benzene rings is 1. The van der Waals surface area contributed by atoms with Crippen LogP contribution in [0, 0.1) is 11.7 Å². The van der Waals surface area contributed by atoms with Crippen LogP contribution in [0.25, 0.3) is 0 Å². The summed E-state index contributed by atoms with van der Waals surface area (Å²) in [5.74, 6) is -0.923. The topological polar surface area (TPSA) is 63.2 Å². The van der Waals surface area contributed by atoms with Crippen LogP contribution in [0.2, 0.25) is 0 Å². The molecule has 18 heavy (non-hydrogen) atoms. The molecule has 1 rings (SSSR count). The van der Waals surface area contributed by atoms with Gasteiger partial charge in [0.25, 0.3) is 10.0 Å². The van der Waals surface area contributed by atoms with Crippen LogP contribution in [0.15, 0.2) is 29.2 Å². The smallest absolute Gasteiger partial charge is 0.264 e. The first kappa shape index (κ1) is 14.6. The van der Waals surface area contributed by atoms with Gasteiger partial charge in [0.1, 0.15) is 5.82 Å². The number of hydrogen-bond acceptors (Lipinski definition) is 3. The molecule has 6 heteroatoms. The first-order valence-corrected chi connectivity index (χ1v) is 7.11. The minimum absolute atomic E-state index is 0.131. The average molecular weight is 273 g/mol. The van der Waals surface area contributed by atoms with Crippen molar-refractivity contribution in [3.8, 4) is 0 Å². The number of carbonyl (C=O) groups is 1. The fourth-order valence-electron chi connectivity index (χ4n) is 1.31. The molecule has 0 saturated heterocycles. The van der Waals surface area contributed by atoms with Crippen LogP contribution in [0.5, 0.6) is 0 Å². The molecule has 0 bridgehead atoms. The molecule has 0 saturated carbocycles. The third kappa shape index (κ3) is 4.44. The summed E-state index contributed by atoms with van der Waals surface area (Å²) in [5, 5.41) is 0. The highest BCUT2D eigenvalue weighted by atomic mass is 32.2. The molecule has 100 valence electrons. The zero-order valence-corrected chi connectivity index (χ0v) is 11.1. The van der Waals surface area contributed by atoms with Crippen molar-refractivity contribution in [1.29, 1.82) is 0 Å². The molecule has 0 fully saturated rings. The van der Waals surface area contributed by atoms with Crippen LogP contribution in [0.3, 0.4) is 0 Å². The van der Waals surface area contributed by atoms with E-state index in [1.54, 1.807) is 0 Å². The molecular formula is C12H16FNO3S. The van der Waals surface area contributed by atoms with E-state index in [1.807, 2.05) is 18.6 Å². The second-order valence-electron chi connectivity index (χ2n) is 4.42. The fourth-order valence-corrected chi connectivity index (χ4v) is 2.36. The van der Waals surface area contributed by atoms with Crippen molar-refractivity contribution in [2.45, 2.75) is 31.6 Å². The number of sulfonamides is 1. The summed E-state index contributed by atoms with van der Waals surface area (Å²) in [7, 11) is -3.97. The van der Waals surface area contributed by atoms with Gasteiger partial charge in [-0.2, -0.15) is 0 Å². The lowest BCUT2D eigenvalue weighted by atomic mass is 10.1. The molecule has 0 radical (unpaired) electrons. The first-order chi connectivity index (χ1) is 8.31. The van der Waals surface area contributed by atoms with Crippen molar-refractivity contribution >= 4 is 15.9 Å². The lowest BCUT2D eigenvalue weighted by molar-refractivity contribution is -0.119. The van der Waals surface area contributed by atoms with E-state index in [2.05, 4.69) is 0 Å². The van der Waals surface area contributed by atoms with Gasteiger partial charge in [0.2, 0.25) is 5.91 Å². The molecule has 0 atom stereocenters. The molecule has 4 nitrogen and oxygen atoms in total. The Bertz CT molecular complexity index is 526. The predicted molar refractivity (Wildman–Crippen MR) is 65.8 cm³/mol. The van der Waals surface area contributed by atoms with E-state index >= 15 is 0 Å². The van der Waals surface area contributed by atoms with Gasteiger partial charge in [-0.15, -0.1) is 0 Å². The Morgan fingerprint density at radius 3 is 2.61 bits per heavy atom. The Labute approximate surface area is 106 Å². The maximum absolute atomic E-state index is 12.9. The molecule has 0 aliphatic rings. The maximum atomic E-state index is 12.9. The van der Waals surface area contributed by atoms with Crippen LogP contribution in [0.4, 0.5) is 4.39 Å². The van der Waals surface area contributed by atoms with Crippen LogP contribution < -0.4 is 4.72 Å². The average Bonchev–Trinajstić information content (AvgIpc) is 2.26. The van der Waals surface area contributed by atoms with Crippen molar-refractivity contribution in [2.24, 2.45) is 5.92 Å². The second kappa shape index (κ2) is 5.95. The van der Waals surface area contributed by atoms with Crippen molar-refractivity contribution in [3.63, 3.8) is 0 Å². The number of carbonyl (C=O) groups excluding carboxylic acids is 1. The third-order valence-corrected chi connectivity index (χ3v) is 3.67. The highest BCUT2D eigenvalue weighted by Gasteiger charge is 2.17. The van der Waals surface area contributed by atoms with E-state index < -0.39 is 21.7 Å². The van der Waals surface area contributed by atoms with E-state index in [9.17, 15) is 17.6 Å². The Morgan fingerprint density at radius 2 is 2.06 bits per heavy atom. The summed E-state index contributed by atoms with van der Waals surface area (Å²) < 4.78 is 38.3. The number of halogens is 1. The predicted octanol–water partition coefficient (Wildman–Crippen LogP) is 2.07.